The van der Waals surface area contributed by atoms with Crippen molar-refractivity contribution in [3.8, 4) is 0 Å². The normalized spacial score (nSPS) is 6.00. The number of pyridine rings is 1. The number of halogens is 1. The van der Waals surface area contributed by atoms with Crippen molar-refractivity contribution in [3.05, 3.63) is 30.6 Å². The summed E-state index contributed by atoms with van der Waals surface area (Å²) in [7, 11) is 0. The molecule has 1 aromatic heterocycles. The van der Waals surface area contributed by atoms with E-state index in [0.717, 1.165) is 0 Å². The third-order valence-corrected chi connectivity index (χ3v) is 0.566. The summed E-state index contributed by atoms with van der Waals surface area (Å²) in [6, 6.07) is 5.72. The minimum absolute atomic E-state index is 0. The zero-order valence-electron chi connectivity index (χ0n) is 4.77. The van der Waals surface area contributed by atoms with E-state index >= 15 is 0 Å². The molecule has 3 nitrogen and oxygen atoms in total. The predicted molar refractivity (Wildman–Crippen MR) is 37.5 cm³/mol. The van der Waals surface area contributed by atoms with E-state index < -0.39 is 0 Å². The number of aromatic nitrogens is 1. The quantitative estimate of drug-likeness (QED) is 0.536. The Morgan fingerprint density at radius 2 is 1.44 bits per heavy atom. The van der Waals surface area contributed by atoms with Crippen molar-refractivity contribution in [3.63, 3.8) is 0 Å². The zero-order chi connectivity index (χ0) is 6.24. The summed E-state index contributed by atoms with van der Waals surface area (Å²) < 4.78 is 0. The van der Waals surface area contributed by atoms with Crippen molar-refractivity contribution in [1.29, 1.82) is 0 Å². The van der Waals surface area contributed by atoms with Crippen molar-refractivity contribution in [2.75, 3.05) is 0 Å². The van der Waals surface area contributed by atoms with Crippen molar-refractivity contribution >= 4 is 12.4 Å². The first kappa shape index (κ1) is 11.2. The molecule has 0 aromatic carbocycles. The average molecular weight is 149 g/mol. The molecule has 1 aromatic rings. The molecule has 1 rings (SSSR count). The van der Waals surface area contributed by atoms with Gasteiger partial charge in [0, 0.05) is 12.4 Å². The molecule has 52 valence electrons. The van der Waals surface area contributed by atoms with Gasteiger partial charge in [0.05, 0.1) is 0 Å². The Labute approximate surface area is 59.9 Å². The second-order valence-corrected chi connectivity index (χ2v) is 1.02. The molecule has 0 aliphatic heterocycles. The van der Waals surface area contributed by atoms with Crippen molar-refractivity contribution in [2.24, 2.45) is 5.90 Å². The minimum atomic E-state index is 0. The van der Waals surface area contributed by atoms with Gasteiger partial charge in [0.25, 0.3) is 0 Å². The fraction of sp³-hybridized carbons (Fsp3) is 0. The highest BCUT2D eigenvalue weighted by Crippen LogP contribution is 1.73. The molecule has 0 amide bonds. The van der Waals surface area contributed by atoms with Crippen LogP contribution >= 0.6 is 12.4 Å². The fourth-order valence-electron chi connectivity index (χ4n) is 0.313. The Bertz CT molecular complexity index is 86.9. The first-order valence-corrected chi connectivity index (χ1v) is 2.11. The smallest absolute Gasteiger partial charge is 0.0267 e. The lowest BCUT2D eigenvalue weighted by Crippen LogP contribution is -1.72. The molecule has 3 N–H and O–H groups in total. The van der Waals surface area contributed by atoms with Gasteiger partial charge in [-0.1, -0.05) is 6.07 Å². The Balaban J connectivity index is 0. The number of nitrogens with zero attached hydrogens (tertiary/aromatic N) is 1. The highest BCUT2D eigenvalue weighted by Gasteiger charge is 1.58. The second kappa shape index (κ2) is 10.4. The largest absolute Gasteiger partial charge is 0.320 e. The topological polar surface area (TPSA) is 59.1 Å². The molecule has 0 bridgehead atoms. The average Bonchev–Trinajstić information content (AvgIpc) is 1.96. The Morgan fingerprint density at radius 3 is 1.56 bits per heavy atom. The van der Waals surface area contributed by atoms with Gasteiger partial charge >= 0.3 is 0 Å². The van der Waals surface area contributed by atoms with Crippen LogP contribution in [0.15, 0.2) is 30.6 Å². The maximum atomic E-state index is 6.50. The summed E-state index contributed by atoms with van der Waals surface area (Å²) in [6.07, 6.45) is 3.50. The second-order valence-electron chi connectivity index (χ2n) is 1.02. The molecular weight excluding hydrogens is 140 g/mol. The lowest BCUT2D eigenvalue weighted by atomic mass is 10.5. The predicted octanol–water partition coefficient (Wildman–Crippen LogP) is 0.838. The van der Waals surface area contributed by atoms with E-state index in [1.54, 1.807) is 12.4 Å². The highest BCUT2D eigenvalue weighted by molar-refractivity contribution is 5.85. The molecule has 0 saturated carbocycles. The number of nitrogens with two attached hydrogens (primary N) is 1. The summed E-state index contributed by atoms with van der Waals surface area (Å²) in [5.41, 5.74) is 0. The van der Waals surface area contributed by atoms with Crippen LogP contribution in [0.2, 0.25) is 0 Å². The molecule has 0 atom stereocenters. The van der Waals surface area contributed by atoms with Gasteiger partial charge in [0.15, 0.2) is 0 Å². The first-order chi connectivity index (χ1) is 4.00. The van der Waals surface area contributed by atoms with Crippen LogP contribution in [-0.2, 0) is 0 Å². The molecule has 4 heteroatoms. The molecular formula is C5H9ClN2O. The van der Waals surface area contributed by atoms with E-state index in [9.17, 15) is 0 Å². The van der Waals surface area contributed by atoms with Gasteiger partial charge in [-0.2, -0.15) is 0 Å². The van der Waals surface area contributed by atoms with Crippen LogP contribution in [0.4, 0.5) is 0 Å². The Morgan fingerprint density at radius 1 is 1.00 bits per heavy atom. The summed E-state index contributed by atoms with van der Waals surface area (Å²) in [6.45, 7) is 0. The molecule has 0 fully saturated rings. The van der Waals surface area contributed by atoms with Gasteiger partial charge in [-0.05, 0) is 12.1 Å². The highest BCUT2D eigenvalue weighted by atomic mass is 35.5. The molecule has 0 radical (unpaired) electrons. The number of hydrogen-bond acceptors (Lipinski definition) is 3. The van der Waals surface area contributed by atoms with Crippen LogP contribution < -0.4 is 5.90 Å². The van der Waals surface area contributed by atoms with Gasteiger partial charge in [-0.15, -0.1) is 12.4 Å². The van der Waals surface area contributed by atoms with Crippen LogP contribution in [0, 0.1) is 0 Å². The minimum Gasteiger partial charge on any atom is -0.320 e. The lowest BCUT2D eigenvalue weighted by Gasteiger charge is -1.70. The van der Waals surface area contributed by atoms with Crippen LogP contribution in [-0.4, -0.2) is 10.2 Å². The van der Waals surface area contributed by atoms with E-state index in [4.69, 9.17) is 5.21 Å². The number of rotatable bonds is 0. The van der Waals surface area contributed by atoms with Gasteiger partial charge in [0.2, 0.25) is 0 Å². The molecule has 0 aliphatic rings. The zero-order valence-corrected chi connectivity index (χ0v) is 5.58. The van der Waals surface area contributed by atoms with Crippen molar-refractivity contribution in [1.82, 2.24) is 4.98 Å². The van der Waals surface area contributed by atoms with Crippen LogP contribution in [0.1, 0.15) is 0 Å². The summed E-state index contributed by atoms with van der Waals surface area (Å²) in [5.74, 6) is 3.50. The van der Waals surface area contributed by atoms with E-state index in [-0.39, 0.29) is 12.4 Å². The van der Waals surface area contributed by atoms with E-state index in [1.165, 1.54) is 0 Å². The molecule has 0 spiro atoms. The maximum Gasteiger partial charge on any atom is 0.0267 e. The molecule has 9 heavy (non-hydrogen) atoms. The van der Waals surface area contributed by atoms with Gasteiger partial charge in [-0.25, -0.2) is 5.90 Å². The third kappa shape index (κ3) is 7.36. The molecule has 0 saturated heterocycles. The van der Waals surface area contributed by atoms with Crippen molar-refractivity contribution < 1.29 is 5.21 Å². The molecule has 0 unspecified atom stereocenters. The van der Waals surface area contributed by atoms with E-state index in [0.29, 0.717) is 0 Å². The lowest BCUT2D eigenvalue weighted by molar-refractivity contribution is 0.311. The van der Waals surface area contributed by atoms with Gasteiger partial charge < -0.3 is 5.21 Å². The maximum absolute atomic E-state index is 6.50. The van der Waals surface area contributed by atoms with Crippen LogP contribution in [0.25, 0.3) is 0 Å². The van der Waals surface area contributed by atoms with E-state index in [1.807, 2.05) is 18.2 Å². The molecule has 0 aliphatic carbocycles. The third-order valence-electron chi connectivity index (χ3n) is 0.566. The fourth-order valence-corrected chi connectivity index (χ4v) is 0.313. The number of hydrogen-bond donors (Lipinski definition) is 2. The SMILES string of the molecule is Cl.NO.c1ccncc1. The summed E-state index contributed by atoms with van der Waals surface area (Å²) in [5, 5.41) is 6.50. The van der Waals surface area contributed by atoms with Crippen LogP contribution in [0.5, 0.6) is 0 Å². The standard InChI is InChI=1S/C5H5N.ClH.H3NO/c1-2-4-6-5-3-1;;1-2/h1-5H;1H;2H,1H2. The van der Waals surface area contributed by atoms with E-state index in [2.05, 4.69) is 10.9 Å². The first-order valence-electron chi connectivity index (χ1n) is 2.11. The monoisotopic (exact) mass is 148 g/mol. The van der Waals surface area contributed by atoms with Gasteiger partial charge in [0.1, 0.15) is 0 Å². The summed E-state index contributed by atoms with van der Waals surface area (Å²) in [4.78, 5) is 3.78. The summed E-state index contributed by atoms with van der Waals surface area (Å²) >= 11 is 0. The Kier molecular flexibility index (Phi) is 12.9. The van der Waals surface area contributed by atoms with Crippen molar-refractivity contribution in [2.45, 2.75) is 0 Å². The molecule has 1 heterocycles. The Hall–Kier alpha value is -0.640. The van der Waals surface area contributed by atoms with Gasteiger partial charge in [-0.3, -0.25) is 4.98 Å². The van der Waals surface area contributed by atoms with Crippen LogP contribution in [0.3, 0.4) is 0 Å².